The Bertz CT molecular complexity index is 1780. The van der Waals surface area contributed by atoms with Crippen LogP contribution in [0.5, 0.6) is 5.75 Å². The number of halogens is 4. The standard InChI is InChI=1S/C26H21ClF3N7O3S/c1-3-37-13(2)17(11-32-37)16-10-19(26(28,29)30)33-25-20(16)21(22(41-25)23(31)38)34-24(39)18-8-9-36(35-18)12-40-15-6-4-14(27)5-7-15/h4-11H,3,12H2,1-2H3,(H2,31,38)(H,34,39). The number of thiophene rings is 1. The van der Waals surface area contributed by atoms with Crippen LogP contribution >= 0.6 is 22.9 Å². The molecule has 4 aromatic heterocycles. The van der Waals surface area contributed by atoms with Crippen molar-refractivity contribution in [3.8, 4) is 16.9 Å². The van der Waals surface area contributed by atoms with Gasteiger partial charge in [-0.3, -0.25) is 14.3 Å². The number of nitrogens with two attached hydrogens (primary N) is 1. The van der Waals surface area contributed by atoms with E-state index in [4.69, 9.17) is 22.1 Å². The van der Waals surface area contributed by atoms with Crippen molar-refractivity contribution in [2.45, 2.75) is 33.3 Å². The lowest BCUT2D eigenvalue weighted by Crippen LogP contribution is -2.18. The summed E-state index contributed by atoms with van der Waals surface area (Å²) in [7, 11) is 0. The van der Waals surface area contributed by atoms with Crippen molar-refractivity contribution in [3.05, 3.63) is 75.8 Å². The van der Waals surface area contributed by atoms with Crippen LogP contribution in [0.25, 0.3) is 21.3 Å². The fourth-order valence-electron chi connectivity index (χ4n) is 4.18. The number of hydrogen-bond acceptors (Lipinski definition) is 7. The predicted octanol–water partition coefficient (Wildman–Crippen LogP) is 5.74. The average molecular weight is 604 g/mol. The Labute approximate surface area is 239 Å². The van der Waals surface area contributed by atoms with E-state index in [1.54, 1.807) is 35.9 Å². The molecule has 4 heterocycles. The van der Waals surface area contributed by atoms with Gasteiger partial charge in [0.2, 0.25) is 0 Å². The highest BCUT2D eigenvalue weighted by Gasteiger charge is 2.35. The molecule has 0 aliphatic rings. The lowest BCUT2D eigenvalue weighted by atomic mass is 10.0. The van der Waals surface area contributed by atoms with Gasteiger partial charge in [-0.2, -0.15) is 23.4 Å². The largest absolute Gasteiger partial charge is 0.471 e. The molecule has 2 amide bonds. The molecule has 3 N–H and O–H groups in total. The van der Waals surface area contributed by atoms with E-state index in [9.17, 15) is 22.8 Å². The summed E-state index contributed by atoms with van der Waals surface area (Å²) in [6.07, 6.45) is -1.82. The van der Waals surface area contributed by atoms with Gasteiger partial charge in [0.25, 0.3) is 11.8 Å². The van der Waals surface area contributed by atoms with Gasteiger partial charge in [-0.15, -0.1) is 11.3 Å². The SMILES string of the molecule is CCn1ncc(-c2cc(C(F)(F)F)nc3sc(C(N)=O)c(NC(=O)c4ccn(COc5ccc(Cl)cc5)n4)c23)c1C. The first kappa shape index (κ1) is 28.1. The summed E-state index contributed by atoms with van der Waals surface area (Å²) in [4.78, 5) is 29.1. The van der Waals surface area contributed by atoms with Crippen LogP contribution in [-0.2, 0) is 19.5 Å². The minimum atomic E-state index is -4.77. The number of carbonyl (C=O) groups is 2. The number of rotatable bonds is 8. The Kier molecular flexibility index (Phi) is 7.44. The molecule has 0 saturated carbocycles. The molecule has 212 valence electrons. The maximum atomic E-state index is 13.8. The predicted molar refractivity (Wildman–Crippen MR) is 147 cm³/mol. The number of carbonyl (C=O) groups excluding carboxylic acids is 2. The molecule has 0 aliphatic carbocycles. The fourth-order valence-corrected chi connectivity index (χ4v) is 5.32. The molecule has 10 nitrogen and oxygen atoms in total. The number of anilines is 1. The summed E-state index contributed by atoms with van der Waals surface area (Å²) >= 11 is 6.53. The van der Waals surface area contributed by atoms with E-state index < -0.39 is 23.7 Å². The van der Waals surface area contributed by atoms with E-state index in [-0.39, 0.29) is 38.8 Å². The van der Waals surface area contributed by atoms with E-state index in [1.807, 2.05) is 6.92 Å². The van der Waals surface area contributed by atoms with Gasteiger partial charge in [0.05, 0.1) is 11.9 Å². The van der Waals surface area contributed by atoms with Crippen LogP contribution in [-0.4, -0.2) is 36.4 Å². The molecule has 41 heavy (non-hydrogen) atoms. The van der Waals surface area contributed by atoms with Gasteiger partial charge < -0.3 is 15.8 Å². The summed E-state index contributed by atoms with van der Waals surface area (Å²) in [6, 6.07) is 8.98. The maximum absolute atomic E-state index is 13.8. The first-order chi connectivity index (χ1) is 19.5. The molecule has 15 heteroatoms. The highest BCUT2D eigenvalue weighted by Crippen LogP contribution is 2.44. The molecule has 0 radical (unpaired) electrons. The average Bonchev–Trinajstić information content (AvgIpc) is 3.64. The Morgan fingerprint density at radius 1 is 1.17 bits per heavy atom. The van der Waals surface area contributed by atoms with Gasteiger partial charge in [0.1, 0.15) is 21.2 Å². The number of benzene rings is 1. The van der Waals surface area contributed by atoms with Gasteiger partial charge in [-0.1, -0.05) is 11.6 Å². The van der Waals surface area contributed by atoms with Gasteiger partial charge in [-0.05, 0) is 55.8 Å². The molecule has 5 aromatic rings. The van der Waals surface area contributed by atoms with Crippen molar-refractivity contribution in [2.75, 3.05) is 5.32 Å². The lowest BCUT2D eigenvalue weighted by molar-refractivity contribution is -0.140. The van der Waals surface area contributed by atoms with Crippen molar-refractivity contribution in [3.63, 3.8) is 0 Å². The molecule has 0 atom stereocenters. The Morgan fingerprint density at radius 2 is 1.90 bits per heavy atom. The third-order valence-corrected chi connectivity index (χ3v) is 7.51. The van der Waals surface area contributed by atoms with Crippen LogP contribution in [0, 0.1) is 6.92 Å². The highest BCUT2D eigenvalue weighted by molar-refractivity contribution is 7.21. The molecule has 0 bridgehead atoms. The number of fused-ring (bicyclic) bond motifs is 1. The van der Waals surface area contributed by atoms with Crippen LogP contribution < -0.4 is 15.8 Å². The number of aryl methyl sites for hydroxylation is 1. The van der Waals surface area contributed by atoms with Crippen molar-refractivity contribution in [1.82, 2.24) is 24.5 Å². The number of alkyl halides is 3. The quantitative estimate of drug-likeness (QED) is 0.232. The van der Waals surface area contributed by atoms with E-state index in [0.29, 0.717) is 39.9 Å². The van der Waals surface area contributed by atoms with E-state index in [0.717, 1.165) is 6.07 Å². The minimum absolute atomic E-state index is 0.0161. The molecule has 0 aliphatic heterocycles. The molecule has 0 spiro atoms. The smallest absolute Gasteiger partial charge is 0.433 e. The summed E-state index contributed by atoms with van der Waals surface area (Å²) in [6.45, 7) is 4.02. The summed E-state index contributed by atoms with van der Waals surface area (Å²) in [5, 5.41) is 11.7. The van der Waals surface area contributed by atoms with Crippen LogP contribution in [0.2, 0.25) is 5.02 Å². The second-order valence-electron chi connectivity index (χ2n) is 8.78. The number of ether oxygens (including phenoxy) is 1. The van der Waals surface area contributed by atoms with Crippen molar-refractivity contribution < 1.29 is 27.5 Å². The van der Waals surface area contributed by atoms with Crippen LogP contribution in [0.4, 0.5) is 18.9 Å². The number of hydrogen-bond donors (Lipinski definition) is 2. The van der Waals surface area contributed by atoms with Gasteiger partial charge in [-0.25, -0.2) is 9.67 Å². The third kappa shape index (κ3) is 5.60. The summed E-state index contributed by atoms with van der Waals surface area (Å²) in [5.41, 5.74) is 5.41. The van der Waals surface area contributed by atoms with Crippen molar-refractivity contribution in [2.24, 2.45) is 5.73 Å². The number of primary amides is 1. The maximum Gasteiger partial charge on any atom is 0.433 e. The Hall–Kier alpha value is -4.43. The number of aromatic nitrogens is 5. The van der Waals surface area contributed by atoms with Crippen molar-refractivity contribution >= 4 is 50.7 Å². The zero-order valence-corrected chi connectivity index (χ0v) is 23.1. The topological polar surface area (TPSA) is 130 Å². The van der Waals surface area contributed by atoms with E-state index >= 15 is 0 Å². The number of nitrogens with zero attached hydrogens (tertiary/aromatic N) is 5. The second kappa shape index (κ2) is 10.9. The fraction of sp³-hybridized carbons (Fsp3) is 0.192. The molecule has 0 saturated heterocycles. The summed E-state index contributed by atoms with van der Waals surface area (Å²) in [5.74, 6) is -1.12. The third-order valence-electron chi connectivity index (χ3n) is 6.16. The van der Waals surface area contributed by atoms with Crippen LogP contribution in [0.3, 0.4) is 0 Å². The second-order valence-corrected chi connectivity index (χ2v) is 10.2. The van der Waals surface area contributed by atoms with Gasteiger partial charge in [0, 0.05) is 34.4 Å². The molecule has 1 aromatic carbocycles. The van der Waals surface area contributed by atoms with Crippen LogP contribution in [0.15, 0.2) is 48.8 Å². The summed E-state index contributed by atoms with van der Waals surface area (Å²) < 4.78 is 50.0. The zero-order chi connectivity index (χ0) is 29.5. The lowest BCUT2D eigenvalue weighted by Gasteiger charge is -2.12. The molecule has 0 unspecified atom stereocenters. The Morgan fingerprint density at radius 3 is 2.54 bits per heavy atom. The van der Waals surface area contributed by atoms with Crippen LogP contribution in [0.1, 0.15) is 38.5 Å². The molecular weight excluding hydrogens is 583 g/mol. The number of pyridine rings is 1. The monoisotopic (exact) mass is 603 g/mol. The van der Waals surface area contributed by atoms with Gasteiger partial charge in [0.15, 0.2) is 12.4 Å². The molecular formula is C26H21ClF3N7O3S. The zero-order valence-electron chi connectivity index (χ0n) is 21.5. The van der Waals surface area contributed by atoms with Crippen molar-refractivity contribution in [1.29, 1.82) is 0 Å². The van der Waals surface area contributed by atoms with Gasteiger partial charge >= 0.3 is 6.18 Å². The minimum Gasteiger partial charge on any atom is -0.471 e. The van der Waals surface area contributed by atoms with E-state index in [2.05, 4.69) is 20.5 Å². The first-order valence-electron chi connectivity index (χ1n) is 12.1. The normalized spacial score (nSPS) is 11.7. The highest BCUT2D eigenvalue weighted by atomic mass is 35.5. The first-order valence-corrected chi connectivity index (χ1v) is 13.3. The number of nitrogens with one attached hydrogen (secondary N) is 1. The van der Waals surface area contributed by atoms with E-state index in [1.165, 1.54) is 23.1 Å². The molecule has 5 rings (SSSR count). The molecule has 0 fully saturated rings. The Balaban J connectivity index is 1.54. The number of amides is 2.